The van der Waals surface area contributed by atoms with Crippen LogP contribution in [-0.2, 0) is 19.1 Å². The number of carbonyl (C=O) groups excluding carboxylic acids is 3. The van der Waals surface area contributed by atoms with Gasteiger partial charge in [-0.05, 0) is 55.0 Å². The first kappa shape index (κ1) is 22.2. The van der Waals surface area contributed by atoms with Gasteiger partial charge in [0.15, 0.2) is 6.10 Å². The topological polar surface area (TPSA) is 118 Å². The zero-order valence-corrected chi connectivity index (χ0v) is 16.8. The van der Waals surface area contributed by atoms with Gasteiger partial charge in [0.25, 0.3) is 5.91 Å². The first-order valence-corrected chi connectivity index (χ1v) is 8.97. The molecule has 2 rings (SSSR count). The molecular weight excluding hydrogens is 386 g/mol. The summed E-state index contributed by atoms with van der Waals surface area (Å²) in [5.74, 6) is -1.03. The number of nitrogens with one attached hydrogen (secondary N) is 2. The summed E-state index contributed by atoms with van der Waals surface area (Å²) in [6, 6.07) is 15.0. The Morgan fingerprint density at radius 3 is 2.07 bits per heavy atom. The first-order chi connectivity index (χ1) is 14.3. The molecule has 0 aliphatic heterocycles. The van der Waals surface area contributed by atoms with Crippen molar-refractivity contribution in [3.8, 4) is 11.8 Å². The van der Waals surface area contributed by atoms with Crippen LogP contribution in [0.2, 0.25) is 0 Å². The second kappa shape index (κ2) is 10.4. The summed E-state index contributed by atoms with van der Waals surface area (Å²) < 4.78 is 10.2. The van der Waals surface area contributed by atoms with Crippen LogP contribution in [0.4, 0.5) is 11.4 Å². The number of hydrogen-bond donors (Lipinski definition) is 2. The Morgan fingerprint density at radius 1 is 1.00 bits per heavy atom. The fraction of sp³-hybridized carbons (Fsp3) is 0.182. The van der Waals surface area contributed by atoms with Crippen LogP contribution in [0, 0.1) is 11.3 Å². The Balaban J connectivity index is 1.98. The van der Waals surface area contributed by atoms with Gasteiger partial charge in [0, 0.05) is 18.3 Å². The molecule has 30 heavy (non-hydrogen) atoms. The van der Waals surface area contributed by atoms with Gasteiger partial charge in [0.1, 0.15) is 17.4 Å². The van der Waals surface area contributed by atoms with E-state index in [2.05, 4.69) is 10.6 Å². The van der Waals surface area contributed by atoms with E-state index >= 15 is 0 Å². The van der Waals surface area contributed by atoms with Crippen LogP contribution < -0.4 is 15.4 Å². The van der Waals surface area contributed by atoms with Crippen molar-refractivity contribution in [3.05, 3.63) is 59.7 Å². The first-order valence-electron chi connectivity index (χ1n) is 8.97. The van der Waals surface area contributed by atoms with Gasteiger partial charge in [0.05, 0.1) is 7.11 Å². The fourth-order valence-corrected chi connectivity index (χ4v) is 2.37. The molecule has 0 radical (unpaired) electrons. The summed E-state index contributed by atoms with van der Waals surface area (Å²) >= 11 is 0. The Morgan fingerprint density at radius 2 is 1.57 bits per heavy atom. The molecule has 2 aromatic carbocycles. The second-order valence-corrected chi connectivity index (χ2v) is 6.24. The summed E-state index contributed by atoms with van der Waals surface area (Å²) in [4.78, 5) is 35.6. The molecule has 2 amide bonds. The molecule has 8 heteroatoms. The third-order valence-electron chi connectivity index (χ3n) is 3.89. The predicted octanol–water partition coefficient (Wildman–Crippen LogP) is 3.13. The number of esters is 1. The van der Waals surface area contributed by atoms with Crippen molar-refractivity contribution in [3.63, 3.8) is 0 Å². The lowest BCUT2D eigenvalue weighted by Crippen LogP contribution is -2.30. The van der Waals surface area contributed by atoms with E-state index in [1.807, 2.05) is 0 Å². The minimum absolute atomic E-state index is 0.205. The predicted molar refractivity (Wildman–Crippen MR) is 112 cm³/mol. The molecule has 1 atom stereocenters. The van der Waals surface area contributed by atoms with Crippen LogP contribution in [0.25, 0.3) is 6.08 Å². The maximum absolute atomic E-state index is 12.3. The van der Waals surface area contributed by atoms with E-state index in [4.69, 9.17) is 9.47 Å². The highest BCUT2D eigenvalue weighted by molar-refractivity contribution is 6.01. The number of methoxy groups -OCH3 is 1. The van der Waals surface area contributed by atoms with Gasteiger partial charge in [-0.15, -0.1) is 0 Å². The van der Waals surface area contributed by atoms with Crippen LogP contribution in [0.15, 0.2) is 54.1 Å². The molecule has 154 valence electrons. The zero-order valence-electron chi connectivity index (χ0n) is 16.8. The molecule has 0 aromatic heterocycles. The van der Waals surface area contributed by atoms with Crippen LogP contribution >= 0.6 is 0 Å². The average Bonchev–Trinajstić information content (AvgIpc) is 2.73. The van der Waals surface area contributed by atoms with Crippen LogP contribution in [0.1, 0.15) is 19.4 Å². The lowest BCUT2D eigenvalue weighted by atomic mass is 10.1. The maximum Gasteiger partial charge on any atom is 0.349 e. The minimum Gasteiger partial charge on any atom is -0.497 e. The van der Waals surface area contributed by atoms with Gasteiger partial charge in [-0.25, -0.2) is 4.79 Å². The zero-order chi connectivity index (χ0) is 22.1. The summed E-state index contributed by atoms with van der Waals surface area (Å²) in [5, 5.41) is 14.5. The van der Waals surface area contributed by atoms with Crippen molar-refractivity contribution in [2.75, 3.05) is 17.7 Å². The highest BCUT2D eigenvalue weighted by Gasteiger charge is 2.20. The van der Waals surface area contributed by atoms with E-state index < -0.39 is 18.0 Å². The molecule has 0 aliphatic rings. The Hall–Kier alpha value is -4.12. The highest BCUT2D eigenvalue weighted by Crippen LogP contribution is 2.16. The number of amides is 2. The molecule has 0 aliphatic carbocycles. The van der Waals surface area contributed by atoms with E-state index in [9.17, 15) is 19.6 Å². The standard InChI is InChI=1S/C22H21N3O5/c1-14(21(27)25-19-8-6-18(7-9-19)24-15(2)26)30-22(28)17(13-23)12-16-4-10-20(29-3)11-5-16/h4-12,14H,1-3H3,(H,24,26)(H,25,27)/b17-12+/t14-/m0/s1. The molecule has 2 N–H and O–H groups in total. The van der Waals surface area contributed by atoms with E-state index in [0.717, 1.165) is 0 Å². The van der Waals surface area contributed by atoms with Gasteiger partial charge >= 0.3 is 5.97 Å². The molecule has 0 spiro atoms. The molecule has 8 nitrogen and oxygen atoms in total. The monoisotopic (exact) mass is 407 g/mol. The van der Waals surface area contributed by atoms with Crippen LogP contribution in [0.3, 0.4) is 0 Å². The molecule has 2 aromatic rings. The second-order valence-electron chi connectivity index (χ2n) is 6.24. The summed E-state index contributed by atoms with van der Waals surface area (Å²) in [6.07, 6.45) is 0.243. The van der Waals surface area contributed by atoms with Crippen molar-refractivity contribution in [1.29, 1.82) is 5.26 Å². The lowest BCUT2D eigenvalue weighted by molar-refractivity contribution is -0.148. The van der Waals surface area contributed by atoms with E-state index in [0.29, 0.717) is 22.7 Å². The third kappa shape index (κ3) is 6.49. The Kier molecular flexibility index (Phi) is 7.71. The van der Waals surface area contributed by atoms with Crippen molar-refractivity contribution in [2.24, 2.45) is 0 Å². The number of nitrogens with zero attached hydrogens (tertiary/aromatic N) is 1. The van der Waals surface area contributed by atoms with Gasteiger partial charge in [-0.1, -0.05) is 12.1 Å². The molecule has 0 unspecified atom stereocenters. The van der Waals surface area contributed by atoms with Crippen molar-refractivity contribution in [1.82, 2.24) is 0 Å². The smallest absolute Gasteiger partial charge is 0.349 e. The number of nitriles is 1. The van der Waals surface area contributed by atoms with Gasteiger partial charge < -0.3 is 20.1 Å². The van der Waals surface area contributed by atoms with E-state index in [1.165, 1.54) is 27.0 Å². The normalized spacial score (nSPS) is 11.6. The summed E-state index contributed by atoms with van der Waals surface area (Å²) in [7, 11) is 1.53. The van der Waals surface area contributed by atoms with Crippen LogP contribution in [-0.4, -0.2) is 31.0 Å². The average molecular weight is 407 g/mol. The summed E-state index contributed by atoms with van der Waals surface area (Å²) in [6.45, 7) is 2.80. The van der Waals surface area contributed by atoms with Gasteiger partial charge in [-0.3, -0.25) is 9.59 Å². The third-order valence-corrected chi connectivity index (χ3v) is 3.89. The highest BCUT2D eigenvalue weighted by atomic mass is 16.5. The molecule has 0 fully saturated rings. The lowest BCUT2D eigenvalue weighted by Gasteiger charge is -2.13. The number of rotatable bonds is 7. The Labute approximate surface area is 174 Å². The number of hydrogen-bond acceptors (Lipinski definition) is 6. The fourth-order valence-electron chi connectivity index (χ4n) is 2.37. The number of benzene rings is 2. The van der Waals surface area contributed by atoms with Crippen molar-refractivity contribution >= 4 is 35.2 Å². The molecule has 0 saturated heterocycles. The van der Waals surface area contributed by atoms with E-state index in [-0.39, 0.29) is 11.5 Å². The quantitative estimate of drug-likeness (QED) is 0.414. The molecule has 0 saturated carbocycles. The molecular formula is C22H21N3O5. The molecule has 0 heterocycles. The van der Waals surface area contributed by atoms with Gasteiger partial charge in [-0.2, -0.15) is 5.26 Å². The number of ether oxygens (including phenoxy) is 2. The maximum atomic E-state index is 12.3. The van der Waals surface area contributed by atoms with Crippen molar-refractivity contribution < 1.29 is 23.9 Å². The SMILES string of the molecule is COc1ccc(/C=C(\C#N)C(=O)O[C@@H](C)C(=O)Nc2ccc(NC(C)=O)cc2)cc1. The van der Waals surface area contributed by atoms with Crippen molar-refractivity contribution in [2.45, 2.75) is 20.0 Å². The minimum atomic E-state index is -1.12. The largest absolute Gasteiger partial charge is 0.497 e. The van der Waals surface area contributed by atoms with Crippen LogP contribution in [0.5, 0.6) is 5.75 Å². The molecule has 0 bridgehead atoms. The summed E-state index contributed by atoms with van der Waals surface area (Å²) in [5.41, 5.74) is 1.42. The number of carbonyl (C=O) groups is 3. The van der Waals surface area contributed by atoms with E-state index in [1.54, 1.807) is 54.6 Å². The van der Waals surface area contributed by atoms with Gasteiger partial charge in [0.2, 0.25) is 5.91 Å². The number of anilines is 2. The Bertz CT molecular complexity index is 989.